The minimum atomic E-state index is -0.0794. The molecule has 4 heterocycles. The van der Waals surface area contributed by atoms with Gasteiger partial charge in [0.25, 0.3) is 5.56 Å². The standard InChI is InChI=1S/C59H37N5O/c65-58-57-55(46-27-13-17-31-52(46)63(58)50-29-15-11-24-43(50)38-18-4-1-5-19-38)48-37-41(33-35-54(48)62(57)42-22-8-3-9-23-42)40-32-34-53-47(36-40)44-25-12-16-30-51(44)64(53)59-60-49-28-14-10-26-45(49)56(61-59)39-20-6-2-7-21-39/h1-37H. The summed E-state index contributed by atoms with van der Waals surface area (Å²) in [4.78, 5) is 26.0. The molecule has 0 N–H and O–H groups in total. The van der Waals surface area contributed by atoms with Gasteiger partial charge in [0.1, 0.15) is 5.52 Å². The van der Waals surface area contributed by atoms with Crippen LogP contribution in [-0.2, 0) is 0 Å². The van der Waals surface area contributed by atoms with Gasteiger partial charge in [-0.15, -0.1) is 0 Å². The van der Waals surface area contributed by atoms with Gasteiger partial charge >= 0.3 is 0 Å². The maximum absolute atomic E-state index is 15.5. The van der Waals surface area contributed by atoms with E-state index in [9.17, 15) is 0 Å². The summed E-state index contributed by atoms with van der Waals surface area (Å²) in [6, 6.07) is 77.4. The summed E-state index contributed by atoms with van der Waals surface area (Å²) in [6.07, 6.45) is 0. The lowest BCUT2D eigenvalue weighted by Gasteiger charge is -2.17. The van der Waals surface area contributed by atoms with E-state index in [2.05, 4.69) is 161 Å². The molecule has 6 heteroatoms. The maximum Gasteiger partial charge on any atom is 0.280 e. The lowest BCUT2D eigenvalue weighted by molar-refractivity contribution is 1.01. The fraction of sp³-hybridized carbons (Fsp3) is 0. The van der Waals surface area contributed by atoms with E-state index in [-0.39, 0.29) is 5.56 Å². The predicted octanol–water partition coefficient (Wildman–Crippen LogP) is 14.1. The van der Waals surface area contributed by atoms with Crippen LogP contribution in [0.25, 0.3) is 116 Å². The van der Waals surface area contributed by atoms with E-state index in [1.165, 1.54) is 0 Å². The number of para-hydroxylation sites is 5. The third kappa shape index (κ3) is 5.71. The van der Waals surface area contributed by atoms with Crippen molar-refractivity contribution in [3.05, 3.63) is 235 Å². The third-order valence-electron chi connectivity index (χ3n) is 12.9. The number of fused-ring (bicyclic) bond motifs is 9. The van der Waals surface area contributed by atoms with Crippen LogP contribution in [0.5, 0.6) is 0 Å². The predicted molar refractivity (Wildman–Crippen MR) is 268 cm³/mol. The third-order valence-corrected chi connectivity index (χ3v) is 12.9. The molecular formula is C59H37N5O. The summed E-state index contributed by atoms with van der Waals surface area (Å²) < 4.78 is 6.25. The molecule has 13 aromatic rings. The lowest BCUT2D eigenvalue weighted by atomic mass is 9.99. The van der Waals surface area contributed by atoms with E-state index in [1.54, 1.807) is 0 Å². The molecule has 304 valence electrons. The number of benzene rings is 9. The lowest BCUT2D eigenvalue weighted by Crippen LogP contribution is -2.21. The highest BCUT2D eigenvalue weighted by atomic mass is 16.1. The number of hydrogen-bond donors (Lipinski definition) is 0. The molecule has 65 heavy (non-hydrogen) atoms. The summed E-state index contributed by atoms with van der Waals surface area (Å²) >= 11 is 0. The Morgan fingerprint density at radius 3 is 1.63 bits per heavy atom. The number of hydrogen-bond acceptors (Lipinski definition) is 3. The highest BCUT2D eigenvalue weighted by molar-refractivity contribution is 6.21. The second kappa shape index (κ2) is 14.6. The zero-order chi connectivity index (χ0) is 43.0. The van der Waals surface area contributed by atoms with Gasteiger partial charge in [-0.3, -0.25) is 13.9 Å². The molecule has 6 nitrogen and oxygen atoms in total. The molecule has 0 spiro atoms. The largest absolute Gasteiger partial charge is 0.304 e. The van der Waals surface area contributed by atoms with E-state index in [0.717, 1.165) is 105 Å². The Hall–Kier alpha value is -8.87. The van der Waals surface area contributed by atoms with Crippen molar-refractivity contribution in [2.75, 3.05) is 0 Å². The smallest absolute Gasteiger partial charge is 0.280 e. The normalized spacial score (nSPS) is 11.8. The van der Waals surface area contributed by atoms with E-state index < -0.39 is 0 Å². The molecule has 13 rings (SSSR count). The zero-order valence-electron chi connectivity index (χ0n) is 35.0. The second-order valence-electron chi connectivity index (χ2n) is 16.5. The first-order chi connectivity index (χ1) is 32.2. The zero-order valence-corrected chi connectivity index (χ0v) is 35.0. The summed E-state index contributed by atoms with van der Waals surface area (Å²) in [6.45, 7) is 0. The minimum Gasteiger partial charge on any atom is -0.304 e. The molecule has 0 radical (unpaired) electrons. The van der Waals surface area contributed by atoms with E-state index >= 15 is 4.79 Å². The van der Waals surface area contributed by atoms with Gasteiger partial charge in [0.2, 0.25) is 5.95 Å². The van der Waals surface area contributed by atoms with Crippen LogP contribution in [0, 0.1) is 0 Å². The maximum atomic E-state index is 15.5. The Labute approximate surface area is 373 Å². The average molecular weight is 832 g/mol. The minimum absolute atomic E-state index is 0.0794. The quantitative estimate of drug-likeness (QED) is 0.168. The molecule has 0 atom stereocenters. The number of aromatic nitrogens is 5. The van der Waals surface area contributed by atoms with Crippen molar-refractivity contribution in [1.29, 1.82) is 0 Å². The summed E-state index contributed by atoms with van der Waals surface area (Å²) in [5, 5.41) is 6.18. The molecule has 0 saturated heterocycles. The summed E-state index contributed by atoms with van der Waals surface area (Å²) in [5.41, 5.74) is 13.2. The van der Waals surface area contributed by atoms with Gasteiger partial charge in [-0.25, -0.2) is 9.97 Å². The van der Waals surface area contributed by atoms with Gasteiger partial charge in [-0.05, 0) is 77.4 Å². The van der Waals surface area contributed by atoms with Crippen molar-refractivity contribution in [2.45, 2.75) is 0 Å². The van der Waals surface area contributed by atoms with Crippen molar-refractivity contribution in [3.8, 4) is 50.8 Å². The van der Waals surface area contributed by atoms with Crippen LogP contribution < -0.4 is 5.56 Å². The van der Waals surface area contributed by atoms with Crippen LogP contribution in [0.3, 0.4) is 0 Å². The van der Waals surface area contributed by atoms with Gasteiger partial charge in [-0.2, -0.15) is 0 Å². The average Bonchev–Trinajstić information content (AvgIpc) is 3.90. The highest BCUT2D eigenvalue weighted by Crippen LogP contribution is 2.41. The fourth-order valence-electron chi connectivity index (χ4n) is 10.0. The molecule has 4 aromatic heterocycles. The van der Waals surface area contributed by atoms with Crippen molar-refractivity contribution in [2.24, 2.45) is 0 Å². The van der Waals surface area contributed by atoms with Crippen molar-refractivity contribution in [3.63, 3.8) is 0 Å². The molecule has 0 saturated carbocycles. The Kier molecular flexibility index (Phi) is 8.26. The van der Waals surface area contributed by atoms with E-state index in [4.69, 9.17) is 9.97 Å². The Morgan fingerprint density at radius 1 is 0.354 bits per heavy atom. The van der Waals surface area contributed by atoms with E-state index in [0.29, 0.717) is 11.5 Å². The Bertz CT molecular complexity index is 4070. The van der Waals surface area contributed by atoms with Gasteiger partial charge < -0.3 is 4.57 Å². The van der Waals surface area contributed by atoms with Gasteiger partial charge in [0, 0.05) is 49.1 Å². The highest BCUT2D eigenvalue weighted by Gasteiger charge is 2.24. The van der Waals surface area contributed by atoms with Gasteiger partial charge in [0.15, 0.2) is 0 Å². The molecule has 0 aliphatic heterocycles. The first kappa shape index (κ1) is 36.8. The summed E-state index contributed by atoms with van der Waals surface area (Å²) in [7, 11) is 0. The first-order valence-corrected chi connectivity index (χ1v) is 21.9. The Morgan fingerprint density at radius 2 is 0.892 bits per heavy atom. The molecule has 9 aromatic carbocycles. The number of rotatable bonds is 6. The molecule has 0 bridgehead atoms. The Balaban J connectivity index is 1.05. The fourth-order valence-corrected chi connectivity index (χ4v) is 10.0. The van der Waals surface area contributed by atoms with Crippen molar-refractivity contribution in [1.82, 2.24) is 23.7 Å². The molecule has 0 unspecified atom stereocenters. The van der Waals surface area contributed by atoms with Crippen LogP contribution in [0.15, 0.2) is 229 Å². The van der Waals surface area contributed by atoms with Crippen LogP contribution in [0.4, 0.5) is 0 Å². The molecule has 0 fully saturated rings. The van der Waals surface area contributed by atoms with Crippen LogP contribution in [0.2, 0.25) is 0 Å². The van der Waals surface area contributed by atoms with E-state index in [1.807, 2.05) is 77.4 Å². The van der Waals surface area contributed by atoms with Crippen LogP contribution in [-0.4, -0.2) is 23.7 Å². The van der Waals surface area contributed by atoms with Crippen LogP contribution >= 0.6 is 0 Å². The topological polar surface area (TPSA) is 57.6 Å². The van der Waals surface area contributed by atoms with Gasteiger partial charge in [-0.1, -0.05) is 164 Å². The first-order valence-electron chi connectivity index (χ1n) is 21.9. The van der Waals surface area contributed by atoms with Gasteiger partial charge in [0.05, 0.1) is 39.0 Å². The monoisotopic (exact) mass is 831 g/mol. The molecular weight excluding hydrogens is 795 g/mol. The molecule has 0 amide bonds. The second-order valence-corrected chi connectivity index (χ2v) is 16.5. The number of nitrogens with zero attached hydrogens (tertiary/aromatic N) is 5. The van der Waals surface area contributed by atoms with Crippen molar-refractivity contribution < 1.29 is 0 Å². The van der Waals surface area contributed by atoms with Crippen molar-refractivity contribution >= 4 is 65.4 Å². The molecule has 0 aliphatic carbocycles. The van der Waals surface area contributed by atoms with Crippen LogP contribution in [0.1, 0.15) is 0 Å². The SMILES string of the molecule is O=c1c2c(c3ccccc3n1-c1ccccc1-c1ccccc1)c1cc(-c3ccc4c(c3)c3ccccc3n4-c3nc(-c4ccccc4)c4ccccc4n3)ccc1n2-c1ccccc1. The number of pyridine rings is 1. The summed E-state index contributed by atoms with van der Waals surface area (Å²) in [5.74, 6) is 0.626. The molecule has 0 aliphatic rings.